The summed E-state index contributed by atoms with van der Waals surface area (Å²) < 4.78 is 0. The Labute approximate surface area is 86.9 Å². The predicted molar refractivity (Wildman–Crippen MR) is 58.0 cm³/mol. The van der Waals surface area contributed by atoms with Crippen molar-refractivity contribution in [2.24, 2.45) is 11.8 Å². The molecule has 0 bridgehead atoms. The zero-order valence-corrected chi connectivity index (χ0v) is 9.71. The third-order valence-electron chi connectivity index (χ3n) is 2.75. The lowest BCUT2D eigenvalue weighted by Gasteiger charge is -2.41. The molecule has 0 saturated carbocycles. The standard InChI is InChI=1S/C11H22N2O/c1-8(2)10-5-13(6-10)7-11(14)12-9(3)4/h8-10H,5-7H2,1-4H3,(H,12,14). The summed E-state index contributed by atoms with van der Waals surface area (Å²) in [6.45, 7) is 11.2. The molecule has 14 heavy (non-hydrogen) atoms. The number of rotatable bonds is 4. The normalized spacial score (nSPS) is 18.7. The average molecular weight is 198 g/mol. The van der Waals surface area contributed by atoms with Gasteiger partial charge in [-0.05, 0) is 25.7 Å². The van der Waals surface area contributed by atoms with Crippen LogP contribution < -0.4 is 5.32 Å². The van der Waals surface area contributed by atoms with Gasteiger partial charge in [0.05, 0.1) is 6.54 Å². The highest BCUT2D eigenvalue weighted by molar-refractivity contribution is 5.78. The van der Waals surface area contributed by atoms with Crippen LogP contribution in [-0.2, 0) is 4.79 Å². The number of nitrogens with one attached hydrogen (secondary N) is 1. The fourth-order valence-corrected chi connectivity index (χ4v) is 1.73. The summed E-state index contributed by atoms with van der Waals surface area (Å²) >= 11 is 0. The summed E-state index contributed by atoms with van der Waals surface area (Å²) in [5.41, 5.74) is 0. The van der Waals surface area contributed by atoms with E-state index in [1.165, 1.54) is 0 Å². The highest BCUT2D eigenvalue weighted by Gasteiger charge is 2.29. The van der Waals surface area contributed by atoms with Gasteiger partial charge in [-0.25, -0.2) is 0 Å². The number of nitrogens with zero attached hydrogens (tertiary/aromatic N) is 1. The SMILES string of the molecule is CC(C)NC(=O)CN1CC(C(C)C)C1. The molecular formula is C11H22N2O. The molecule has 0 atom stereocenters. The van der Waals surface area contributed by atoms with Crippen molar-refractivity contribution < 1.29 is 4.79 Å². The van der Waals surface area contributed by atoms with Crippen molar-refractivity contribution >= 4 is 5.91 Å². The summed E-state index contributed by atoms with van der Waals surface area (Å²) in [5.74, 6) is 1.70. The highest BCUT2D eigenvalue weighted by atomic mass is 16.2. The fraction of sp³-hybridized carbons (Fsp3) is 0.909. The molecule has 1 rings (SSSR count). The van der Waals surface area contributed by atoms with Crippen molar-refractivity contribution in [2.75, 3.05) is 19.6 Å². The Morgan fingerprint density at radius 2 is 1.93 bits per heavy atom. The summed E-state index contributed by atoms with van der Waals surface area (Å²) in [6, 6.07) is 0.254. The van der Waals surface area contributed by atoms with Gasteiger partial charge in [0.2, 0.25) is 5.91 Å². The lowest BCUT2D eigenvalue weighted by atomic mass is 9.88. The largest absolute Gasteiger partial charge is 0.353 e. The maximum Gasteiger partial charge on any atom is 0.234 e. The lowest BCUT2D eigenvalue weighted by Crippen LogP contribution is -2.52. The molecule has 0 unspecified atom stereocenters. The van der Waals surface area contributed by atoms with Gasteiger partial charge in [-0.15, -0.1) is 0 Å². The van der Waals surface area contributed by atoms with Gasteiger partial charge in [-0.1, -0.05) is 13.8 Å². The molecule has 1 N–H and O–H groups in total. The number of likely N-dealkylation sites (tertiary alicyclic amines) is 1. The van der Waals surface area contributed by atoms with Crippen LogP contribution in [0, 0.1) is 11.8 Å². The van der Waals surface area contributed by atoms with Gasteiger partial charge in [0.25, 0.3) is 0 Å². The molecule has 0 aromatic rings. The molecule has 1 fully saturated rings. The average Bonchev–Trinajstić information content (AvgIpc) is 1.93. The van der Waals surface area contributed by atoms with Gasteiger partial charge in [-0.3, -0.25) is 9.69 Å². The summed E-state index contributed by atoms with van der Waals surface area (Å²) in [4.78, 5) is 13.6. The molecule has 3 nitrogen and oxygen atoms in total. The van der Waals surface area contributed by atoms with E-state index in [0.29, 0.717) is 6.54 Å². The molecule has 0 aromatic heterocycles. The summed E-state index contributed by atoms with van der Waals surface area (Å²) in [6.07, 6.45) is 0. The van der Waals surface area contributed by atoms with Crippen LogP contribution in [0.5, 0.6) is 0 Å². The number of hydrogen-bond donors (Lipinski definition) is 1. The minimum atomic E-state index is 0.155. The van der Waals surface area contributed by atoms with Gasteiger partial charge in [0.1, 0.15) is 0 Å². The van der Waals surface area contributed by atoms with Crippen LogP contribution in [0.1, 0.15) is 27.7 Å². The first-order valence-electron chi connectivity index (χ1n) is 5.50. The van der Waals surface area contributed by atoms with Crippen molar-refractivity contribution in [1.29, 1.82) is 0 Å². The molecule has 0 aliphatic carbocycles. The van der Waals surface area contributed by atoms with E-state index in [1.54, 1.807) is 0 Å². The second-order valence-electron chi connectivity index (χ2n) is 4.92. The molecule has 1 aliphatic heterocycles. The zero-order chi connectivity index (χ0) is 10.7. The van der Waals surface area contributed by atoms with Crippen molar-refractivity contribution in [3.8, 4) is 0 Å². The van der Waals surface area contributed by atoms with Crippen LogP contribution in [0.2, 0.25) is 0 Å². The zero-order valence-electron chi connectivity index (χ0n) is 9.71. The van der Waals surface area contributed by atoms with E-state index in [1.807, 2.05) is 13.8 Å². The van der Waals surface area contributed by atoms with Gasteiger partial charge in [0.15, 0.2) is 0 Å². The molecule has 0 spiro atoms. The molecule has 0 aromatic carbocycles. The van der Waals surface area contributed by atoms with Gasteiger partial charge < -0.3 is 5.32 Å². The van der Waals surface area contributed by atoms with Gasteiger partial charge in [0, 0.05) is 19.1 Å². The Balaban J connectivity index is 2.13. The molecule has 3 heteroatoms. The van der Waals surface area contributed by atoms with E-state index in [0.717, 1.165) is 24.9 Å². The van der Waals surface area contributed by atoms with Crippen LogP contribution in [0.25, 0.3) is 0 Å². The minimum Gasteiger partial charge on any atom is -0.353 e. The monoisotopic (exact) mass is 198 g/mol. The Kier molecular flexibility index (Phi) is 3.93. The highest BCUT2D eigenvalue weighted by Crippen LogP contribution is 2.22. The van der Waals surface area contributed by atoms with E-state index in [2.05, 4.69) is 24.1 Å². The number of carbonyl (C=O) groups excluding carboxylic acids is 1. The van der Waals surface area contributed by atoms with Crippen molar-refractivity contribution in [1.82, 2.24) is 10.2 Å². The molecular weight excluding hydrogens is 176 g/mol. The van der Waals surface area contributed by atoms with Crippen LogP contribution in [0.15, 0.2) is 0 Å². The molecule has 82 valence electrons. The predicted octanol–water partition coefficient (Wildman–Crippen LogP) is 1.10. The second-order valence-corrected chi connectivity index (χ2v) is 4.92. The third-order valence-corrected chi connectivity index (χ3v) is 2.75. The Morgan fingerprint density at radius 3 is 2.36 bits per heavy atom. The first kappa shape index (κ1) is 11.5. The van der Waals surface area contributed by atoms with E-state index < -0.39 is 0 Å². The topological polar surface area (TPSA) is 32.3 Å². The quantitative estimate of drug-likeness (QED) is 0.733. The fourth-order valence-electron chi connectivity index (χ4n) is 1.73. The summed E-state index contributed by atoms with van der Waals surface area (Å²) in [7, 11) is 0. The first-order valence-corrected chi connectivity index (χ1v) is 5.50. The van der Waals surface area contributed by atoms with E-state index >= 15 is 0 Å². The third kappa shape index (κ3) is 3.29. The van der Waals surface area contributed by atoms with E-state index in [4.69, 9.17) is 0 Å². The lowest BCUT2D eigenvalue weighted by molar-refractivity contribution is -0.124. The Hall–Kier alpha value is -0.570. The number of carbonyl (C=O) groups is 1. The smallest absolute Gasteiger partial charge is 0.234 e. The van der Waals surface area contributed by atoms with Crippen LogP contribution in [-0.4, -0.2) is 36.5 Å². The molecule has 1 aliphatic rings. The van der Waals surface area contributed by atoms with Crippen LogP contribution >= 0.6 is 0 Å². The summed E-state index contributed by atoms with van der Waals surface area (Å²) in [5, 5.41) is 2.91. The van der Waals surface area contributed by atoms with Gasteiger partial charge in [-0.2, -0.15) is 0 Å². The number of amides is 1. The Morgan fingerprint density at radius 1 is 1.36 bits per heavy atom. The first-order chi connectivity index (χ1) is 6.49. The molecule has 1 saturated heterocycles. The van der Waals surface area contributed by atoms with Crippen LogP contribution in [0.4, 0.5) is 0 Å². The molecule has 1 amide bonds. The van der Waals surface area contributed by atoms with E-state index in [9.17, 15) is 4.79 Å². The van der Waals surface area contributed by atoms with E-state index in [-0.39, 0.29) is 11.9 Å². The van der Waals surface area contributed by atoms with Gasteiger partial charge >= 0.3 is 0 Å². The number of hydrogen-bond acceptors (Lipinski definition) is 2. The Bertz CT molecular complexity index is 195. The molecule has 1 heterocycles. The maximum absolute atomic E-state index is 11.4. The van der Waals surface area contributed by atoms with Crippen molar-refractivity contribution in [2.45, 2.75) is 33.7 Å². The second kappa shape index (κ2) is 4.78. The molecule has 0 radical (unpaired) electrons. The van der Waals surface area contributed by atoms with Crippen molar-refractivity contribution in [3.63, 3.8) is 0 Å². The maximum atomic E-state index is 11.4. The van der Waals surface area contributed by atoms with Crippen LogP contribution in [0.3, 0.4) is 0 Å². The van der Waals surface area contributed by atoms with Crippen molar-refractivity contribution in [3.05, 3.63) is 0 Å². The minimum absolute atomic E-state index is 0.155.